The van der Waals surface area contributed by atoms with Crippen molar-refractivity contribution in [1.29, 1.82) is 0 Å². The van der Waals surface area contributed by atoms with Gasteiger partial charge < -0.3 is 5.11 Å². The zero-order valence-corrected chi connectivity index (χ0v) is 11.3. The average molecular weight is 278 g/mol. The summed E-state index contributed by atoms with van der Waals surface area (Å²) in [6.45, 7) is 2.74. The SMILES string of the molecule is CCn1cc(CS(=O)c2cccc(C(=O)O)c2)cn1. The smallest absolute Gasteiger partial charge is 0.335 e. The fourth-order valence-corrected chi connectivity index (χ4v) is 2.77. The monoisotopic (exact) mass is 278 g/mol. The van der Waals surface area contributed by atoms with Crippen molar-refractivity contribution in [2.24, 2.45) is 0 Å². The molecule has 0 spiro atoms. The molecular weight excluding hydrogens is 264 g/mol. The van der Waals surface area contributed by atoms with Crippen LogP contribution in [0.4, 0.5) is 0 Å². The highest BCUT2D eigenvalue weighted by Crippen LogP contribution is 2.14. The maximum Gasteiger partial charge on any atom is 0.335 e. The van der Waals surface area contributed by atoms with E-state index in [1.165, 1.54) is 12.1 Å². The fourth-order valence-electron chi connectivity index (χ4n) is 1.66. The number of rotatable bonds is 5. The van der Waals surface area contributed by atoms with Crippen LogP contribution in [0.25, 0.3) is 0 Å². The number of benzene rings is 1. The van der Waals surface area contributed by atoms with E-state index in [0.717, 1.165) is 12.1 Å². The second-order valence-electron chi connectivity index (χ2n) is 4.03. The Morgan fingerprint density at radius 3 is 2.89 bits per heavy atom. The molecule has 5 nitrogen and oxygen atoms in total. The van der Waals surface area contributed by atoms with Gasteiger partial charge >= 0.3 is 5.97 Å². The summed E-state index contributed by atoms with van der Waals surface area (Å²) in [7, 11) is -1.27. The zero-order valence-electron chi connectivity index (χ0n) is 10.4. The molecule has 6 heteroatoms. The number of aromatic nitrogens is 2. The minimum absolute atomic E-state index is 0.148. The Morgan fingerprint density at radius 1 is 1.47 bits per heavy atom. The Hall–Kier alpha value is -1.95. The van der Waals surface area contributed by atoms with Crippen molar-refractivity contribution in [1.82, 2.24) is 9.78 Å². The molecule has 1 atom stereocenters. The third-order valence-electron chi connectivity index (χ3n) is 2.65. The third kappa shape index (κ3) is 3.29. The molecule has 100 valence electrons. The lowest BCUT2D eigenvalue weighted by molar-refractivity contribution is 0.0696. The van der Waals surface area contributed by atoms with Gasteiger partial charge in [0.1, 0.15) is 0 Å². The molecule has 0 aliphatic carbocycles. The van der Waals surface area contributed by atoms with E-state index in [-0.39, 0.29) is 5.56 Å². The maximum absolute atomic E-state index is 12.2. The molecule has 19 heavy (non-hydrogen) atoms. The van der Waals surface area contributed by atoms with E-state index < -0.39 is 16.8 Å². The Labute approximate surface area is 113 Å². The highest BCUT2D eigenvalue weighted by Gasteiger charge is 2.10. The summed E-state index contributed by atoms with van der Waals surface area (Å²) in [6.07, 6.45) is 3.53. The van der Waals surface area contributed by atoms with Gasteiger partial charge in [-0.3, -0.25) is 8.89 Å². The van der Waals surface area contributed by atoms with E-state index in [1.807, 2.05) is 13.1 Å². The number of aryl methyl sites for hydroxylation is 1. The molecular formula is C13H14N2O3S. The summed E-state index contributed by atoms with van der Waals surface area (Å²) in [4.78, 5) is 11.4. The predicted molar refractivity (Wildman–Crippen MR) is 71.4 cm³/mol. The van der Waals surface area contributed by atoms with Gasteiger partial charge in [0.25, 0.3) is 0 Å². The van der Waals surface area contributed by atoms with Crippen LogP contribution >= 0.6 is 0 Å². The summed E-state index contributed by atoms with van der Waals surface area (Å²) in [5.74, 6) is -0.680. The molecule has 0 saturated carbocycles. The number of nitrogens with zero attached hydrogens (tertiary/aromatic N) is 2. The quantitative estimate of drug-likeness (QED) is 0.906. The topological polar surface area (TPSA) is 72.2 Å². The van der Waals surface area contributed by atoms with Crippen molar-refractivity contribution in [3.8, 4) is 0 Å². The van der Waals surface area contributed by atoms with E-state index >= 15 is 0 Å². The van der Waals surface area contributed by atoms with Crippen molar-refractivity contribution < 1.29 is 14.1 Å². The van der Waals surface area contributed by atoms with Crippen LogP contribution in [0.1, 0.15) is 22.8 Å². The second kappa shape index (κ2) is 5.79. The molecule has 0 fully saturated rings. The van der Waals surface area contributed by atoms with Crippen molar-refractivity contribution in [2.75, 3.05) is 0 Å². The molecule has 2 rings (SSSR count). The molecule has 0 aliphatic rings. The summed E-state index contributed by atoms with van der Waals surface area (Å²) in [5, 5.41) is 13.0. The van der Waals surface area contributed by atoms with Crippen LogP contribution in [-0.4, -0.2) is 25.1 Å². The van der Waals surface area contributed by atoms with Gasteiger partial charge in [-0.05, 0) is 25.1 Å². The van der Waals surface area contributed by atoms with Crippen molar-refractivity contribution in [3.63, 3.8) is 0 Å². The lowest BCUT2D eigenvalue weighted by atomic mass is 10.2. The first-order valence-corrected chi connectivity index (χ1v) is 7.15. The number of carbonyl (C=O) groups is 1. The number of carboxylic acids is 1. The van der Waals surface area contributed by atoms with Crippen LogP contribution < -0.4 is 0 Å². The van der Waals surface area contributed by atoms with Gasteiger partial charge in [0.05, 0.1) is 28.3 Å². The van der Waals surface area contributed by atoms with Gasteiger partial charge in [0.2, 0.25) is 0 Å². The largest absolute Gasteiger partial charge is 0.478 e. The van der Waals surface area contributed by atoms with Crippen molar-refractivity contribution in [2.45, 2.75) is 24.1 Å². The Balaban J connectivity index is 2.15. The van der Waals surface area contributed by atoms with Crippen LogP contribution in [0, 0.1) is 0 Å². The molecule has 1 unspecified atom stereocenters. The number of aromatic carboxylic acids is 1. The first-order chi connectivity index (χ1) is 9.10. The fraction of sp³-hybridized carbons (Fsp3) is 0.231. The van der Waals surface area contributed by atoms with Gasteiger partial charge in [-0.1, -0.05) is 6.07 Å². The summed E-state index contributed by atoms with van der Waals surface area (Å²) < 4.78 is 13.9. The minimum atomic E-state index is -1.27. The predicted octanol–water partition coefficient (Wildman–Crippen LogP) is 1.91. The van der Waals surface area contributed by atoms with Gasteiger partial charge in [-0.15, -0.1) is 0 Å². The Bertz CT molecular complexity index is 622. The Kier molecular flexibility index (Phi) is 4.11. The van der Waals surface area contributed by atoms with Crippen LogP contribution in [-0.2, 0) is 23.1 Å². The molecule has 0 saturated heterocycles. The number of carboxylic acid groups (broad SMARTS) is 1. The van der Waals surface area contributed by atoms with E-state index in [0.29, 0.717) is 10.6 Å². The van der Waals surface area contributed by atoms with E-state index in [2.05, 4.69) is 5.10 Å². The zero-order chi connectivity index (χ0) is 13.8. The van der Waals surface area contributed by atoms with E-state index in [9.17, 15) is 9.00 Å². The Morgan fingerprint density at radius 2 is 2.26 bits per heavy atom. The van der Waals surface area contributed by atoms with Gasteiger partial charge in [-0.2, -0.15) is 5.10 Å². The summed E-state index contributed by atoms with van der Waals surface area (Å²) in [6, 6.07) is 6.21. The first-order valence-electron chi connectivity index (χ1n) is 5.83. The minimum Gasteiger partial charge on any atom is -0.478 e. The summed E-state index contributed by atoms with van der Waals surface area (Å²) in [5.41, 5.74) is 1.02. The van der Waals surface area contributed by atoms with E-state index in [4.69, 9.17) is 5.11 Å². The number of hydrogen-bond donors (Lipinski definition) is 1. The van der Waals surface area contributed by atoms with E-state index in [1.54, 1.807) is 23.0 Å². The molecule has 1 aromatic heterocycles. The second-order valence-corrected chi connectivity index (χ2v) is 5.48. The molecule has 0 amide bonds. The molecule has 0 aliphatic heterocycles. The van der Waals surface area contributed by atoms with Crippen molar-refractivity contribution >= 4 is 16.8 Å². The lowest BCUT2D eigenvalue weighted by Gasteiger charge is -2.02. The molecule has 1 aromatic carbocycles. The molecule has 2 aromatic rings. The van der Waals surface area contributed by atoms with Crippen LogP contribution in [0.15, 0.2) is 41.6 Å². The van der Waals surface area contributed by atoms with Gasteiger partial charge in [-0.25, -0.2) is 4.79 Å². The van der Waals surface area contributed by atoms with Crippen LogP contribution in [0.5, 0.6) is 0 Å². The van der Waals surface area contributed by atoms with Crippen molar-refractivity contribution in [3.05, 3.63) is 47.8 Å². The summed E-state index contributed by atoms with van der Waals surface area (Å²) >= 11 is 0. The standard InChI is InChI=1S/C13H14N2O3S/c1-2-15-8-10(7-14-15)9-19(18)12-5-3-4-11(6-12)13(16)17/h3-8H,2,9H2,1H3,(H,16,17). The molecule has 0 bridgehead atoms. The first kappa shape index (κ1) is 13.5. The normalized spacial score (nSPS) is 12.3. The molecule has 0 radical (unpaired) electrons. The van der Waals surface area contributed by atoms with Crippen LogP contribution in [0.2, 0.25) is 0 Å². The highest BCUT2D eigenvalue weighted by molar-refractivity contribution is 7.84. The van der Waals surface area contributed by atoms with Crippen LogP contribution in [0.3, 0.4) is 0 Å². The van der Waals surface area contributed by atoms with Gasteiger partial charge in [0.15, 0.2) is 0 Å². The molecule has 1 N–H and O–H groups in total. The molecule has 1 heterocycles. The lowest BCUT2D eigenvalue weighted by Crippen LogP contribution is -2.00. The van der Waals surface area contributed by atoms with Gasteiger partial charge in [0, 0.05) is 23.2 Å². The average Bonchev–Trinajstić information content (AvgIpc) is 2.86. The highest BCUT2D eigenvalue weighted by atomic mass is 32.2. The maximum atomic E-state index is 12.2. The number of hydrogen-bond acceptors (Lipinski definition) is 3. The third-order valence-corrected chi connectivity index (χ3v) is 4.03.